The first-order chi connectivity index (χ1) is 14.1. The predicted octanol–water partition coefficient (Wildman–Crippen LogP) is 4.80. The number of alkyl halides is 3. The number of benzene rings is 2. The molecule has 0 bridgehead atoms. The number of ether oxygens (including phenoxy) is 1. The zero-order chi connectivity index (χ0) is 21.5. The van der Waals surface area contributed by atoms with Gasteiger partial charge in [0.15, 0.2) is 5.13 Å². The average Bonchev–Trinajstić information content (AvgIpc) is 3.18. The van der Waals surface area contributed by atoms with E-state index in [-0.39, 0.29) is 16.6 Å². The van der Waals surface area contributed by atoms with Crippen molar-refractivity contribution in [3.05, 3.63) is 59.1 Å². The molecule has 3 aromatic rings. The van der Waals surface area contributed by atoms with Gasteiger partial charge in [-0.05, 0) is 42.8 Å². The van der Waals surface area contributed by atoms with Gasteiger partial charge in [0.1, 0.15) is 12.4 Å². The molecule has 4 rings (SSSR count). The molecule has 6 nitrogen and oxygen atoms in total. The number of nitrogens with zero attached hydrogens (tertiary/aromatic N) is 2. The number of sulfonamides is 1. The summed E-state index contributed by atoms with van der Waals surface area (Å²) < 4.78 is 72.2. The minimum atomic E-state index is -4.42. The Morgan fingerprint density at radius 2 is 1.93 bits per heavy atom. The fourth-order valence-corrected chi connectivity index (χ4v) is 5.00. The molecule has 1 N–H and O–H groups in total. The number of aromatic nitrogens is 1. The van der Waals surface area contributed by atoms with Gasteiger partial charge in [-0.15, -0.1) is 11.3 Å². The van der Waals surface area contributed by atoms with E-state index in [0.717, 1.165) is 23.5 Å². The van der Waals surface area contributed by atoms with Gasteiger partial charge in [-0.3, -0.25) is 4.72 Å². The molecule has 30 heavy (non-hydrogen) atoms. The van der Waals surface area contributed by atoms with E-state index >= 15 is 0 Å². The first-order valence-corrected chi connectivity index (χ1v) is 11.2. The van der Waals surface area contributed by atoms with Crippen molar-refractivity contribution in [2.24, 2.45) is 0 Å². The molecule has 0 radical (unpaired) electrons. The minimum absolute atomic E-state index is 0.00226. The fourth-order valence-electron chi connectivity index (χ4n) is 3.20. The largest absolute Gasteiger partial charge is 0.489 e. The van der Waals surface area contributed by atoms with Crippen LogP contribution in [-0.2, 0) is 16.2 Å². The molecule has 0 saturated carbocycles. The van der Waals surface area contributed by atoms with Gasteiger partial charge in [-0.2, -0.15) is 13.2 Å². The molecule has 0 unspecified atom stereocenters. The van der Waals surface area contributed by atoms with Gasteiger partial charge in [0.2, 0.25) is 0 Å². The van der Waals surface area contributed by atoms with Crippen LogP contribution in [0.15, 0.2) is 52.9 Å². The number of anilines is 3. The zero-order valence-electron chi connectivity index (χ0n) is 15.6. The van der Waals surface area contributed by atoms with Crippen molar-refractivity contribution in [1.29, 1.82) is 0 Å². The van der Waals surface area contributed by atoms with Gasteiger partial charge in [0.05, 0.1) is 22.7 Å². The molecule has 1 aliphatic rings. The van der Waals surface area contributed by atoms with Crippen LogP contribution in [0.25, 0.3) is 0 Å². The second-order valence-electron chi connectivity index (χ2n) is 6.57. The second-order valence-corrected chi connectivity index (χ2v) is 9.15. The molecule has 0 saturated heterocycles. The standard InChI is InChI=1S/C19H16F3N3O3S2/c1-12-10-13(19(20,21)22)2-4-15(12)25-7-8-28-17-11-14(3-5-16(17)25)30(26,27)24-18-23-6-9-29-18/h2-6,9-11H,7-8H2,1H3,(H,23,24). The lowest BCUT2D eigenvalue weighted by Gasteiger charge is -2.32. The van der Waals surface area contributed by atoms with E-state index in [9.17, 15) is 21.6 Å². The molecule has 11 heteroatoms. The Balaban J connectivity index is 1.67. The third-order valence-electron chi connectivity index (χ3n) is 4.57. The van der Waals surface area contributed by atoms with E-state index in [2.05, 4.69) is 9.71 Å². The molecule has 1 aromatic heterocycles. The number of hydrogen-bond acceptors (Lipinski definition) is 6. The van der Waals surface area contributed by atoms with E-state index in [0.29, 0.717) is 29.2 Å². The Bertz CT molecular complexity index is 1180. The van der Waals surface area contributed by atoms with Crippen LogP contribution in [0.5, 0.6) is 5.75 Å². The number of thiazole rings is 1. The highest BCUT2D eigenvalue weighted by atomic mass is 32.2. The SMILES string of the molecule is Cc1cc(C(F)(F)F)ccc1N1CCOc2cc(S(=O)(=O)Nc3nccs3)ccc21. The van der Waals surface area contributed by atoms with Crippen molar-refractivity contribution < 1.29 is 26.3 Å². The molecule has 0 amide bonds. The summed E-state index contributed by atoms with van der Waals surface area (Å²) in [7, 11) is -3.85. The number of fused-ring (bicyclic) bond motifs is 1. The highest BCUT2D eigenvalue weighted by Crippen LogP contribution is 2.41. The first kappa shape index (κ1) is 20.5. The van der Waals surface area contributed by atoms with Gasteiger partial charge in [0, 0.05) is 23.3 Å². The number of nitrogens with one attached hydrogen (secondary N) is 1. The monoisotopic (exact) mass is 455 g/mol. The summed E-state index contributed by atoms with van der Waals surface area (Å²) in [6.07, 6.45) is -2.93. The maximum atomic E-state index is 13.0. The predicted molar refractivity (Wildman–Crippen MR) is 108 cm³/mol. The Morgan fingerprint density at radius 3 is 2.60 bits per heavy atom. The van der Waals surface area contributed by atoms with Crippen LogP contribution in [0.4, 0.5) is 29.7 Å². The van der Waals surface area contributed by atoms with E-state index in [1.165, 1.54) is 24.4 Å². The molecule has 0 spiro atoms. The zero-order valence-corrected chi connectivity index (χ0v) is 17.2. The van der Waals surface area contributed by atoms with Gasteiger partial charge in [0.25, 0.3) is 10.0 Å². The average molecular weight is 455 g/mol. The van der Waals surface area contributed by atoms with Crippen molar-refractivity contribution in [2.45, 2.75) is 18.0 Å². The topological polar surface area (TPSA) is 71.5 Å². The summed E-state index contributed by atoms with van der Waals surface area (Å²) in [5.74, 6) is 0.336. The molecule has 2 heterocycles. The number of aryl methyl sites for hydroxylation is 1. The Hall–Kier alpha value is -2.79. The van der Waals surface area contributed by atoms with Gasteiger partial charge in [-0.25, -0.2) is 13.4 Å². The third kappa shape index (κ3) is 3.94. The smallest absolute Gasteiger partial charge is 0.416 e. The van der Waals surface area contributed by atoms with Gasteiger partial charge in [-0.1, -0.05) is 0 Å². The third-order valence-corrected chi connectivity index (χ3v) is 6.73. The minimum Gasteiger partial charge on any atom is -0.489 e. The molecule has 0 atom stereocenters. The Kier molecular flexibility index (Phi) is 5.10. The normalized spacial score (nSPS) is 14.2. The van der Waals surface area contributed by atoms with Crippen molar-refractivity contribution >= 4 is 37.9 Å². The van der Waals surface area contributed by atoms with Gasteiger partial charge >= 0.3 is 6.18 Å². The van der Waals surface area contributed by atoms with Crippen LogP contribution in [0.1, 0.15) is 11.1 Å². The maximum absolute atomic E-state index is 13.0. The van der Waals surface area contributed by atoms with E-state index < -0.39 is 21.8 Å². The molecule has 1 aliphatic heterocycles. The lowest BCUT2D eigenvalue weighted by molar-refractivity contribution is -0.137. The van der Waals surface area contributed by atoms with Crippen LogP contribution in [0, 0.1) is 6.92 Å². The van der Waals surface area contributed by atoms with Crippen molar-refractivity contribution in [3.8, 4) is 5.75 Å². The fraction of sp³-hybridized carbons (Fsp3) is 0.211. The summed E-state index contributed by atoms with van der Waals surface area (Å²) in [6, 6.07) is 7.96. The van der Waals surface area contributed by atoms with Crippen LogP contribution >= 0.6 is 11.3 Å². The first-order valence-electron chi connectivity index (χ1n) is 8.80. The lowest BCUT2D eigenvalue weighted by Crippen LogP contribution is -2.29. The quantitative estimate of drug-likeness (QED) is 0.612. The van der Waals surface area contributed by atoms with Crippen LogP contribution in [0.3, 0.4) is 0 Å². The second kappa shape index (κ2) is 7.47. The summed E-state index contributed by atoms with van der Waals surface area (Å²) in [5.41, 5.74) is 0.924. The maximum Gasteiger partial charge on any atom is 0.416 e. The molecule has 158 valence electrons. The molecule has 0 aliphatic carbocycles. The molecule has 2 aromatic carbocycles. The molecular formula is C19H16F3N3O3S2. The Morgan fingerprint density at radius 1 is 1.17 bits per heavy atom. The number of rotatable bonds is 4. The molecular weight excluding hydrogens is 439 g/mol. The lowest BCUT2D eigenvalue weighted by atomic mass is 10.1. The number of hydrogen-bond donors (Lipinski definition) is 1. The van der Waals surface area contributed by atoms with E-state index in [4.69, 9.17) is 4.74 Å². The van der Waals surface area contributed by atoms with E-state index in [1.807, 2.05) is 4.90 Å². The summed E-state index contributed by atoms with van der Waals surface area (Å²) >= 11 is 1.15. The molecule has 0 fully saturated rings. The van der Waals surface area contributed by atoms with Crippen LogP contribution in [-0.4, -0.2) is 26.6 Å². The van der Waals surface area contributed by atoms with Crippen molar-refractivity contribution in [2.75, 3.05) is 22.8 Å². The summed E-state index contributed by atoms with van der Waals surface area (Å²) in [6.45, 7) is 2.29. The highest BCUT2D eigenvalue weighted by molar-refractivity contribution is 7.93. The number of halogens is 3. The van der Waals surface area contributed by atoms with Crippen LogP contribution < -0.4 is 14.4 Å². The summed E-state index contributed by atoms with van der Waals surface area (Å²) in [4.78, 5) is 5.73. The van der Waals surface area contributed by atoms with Crippen LogP contribution in [0.2, 0.25) is 0 Å². The Labute approximate surface area is 175 Å². The highest BCUT2D eigenvalue weighted by Gasteiger charge is 2.31. The summed E-state index contributed by atoms with van der Waals surface area (Å²) in [5, 5.41) is 1.90. The van der Waals surface area contributed by atoms with Gasteiger partial charge < -0.3 is 9.64 Å². The van der Waals surface area contributed by atoms with Crippen molar-refractivity contribution in [3.63, 3.8) is 0 Å². The van der Waals surface area contributed by atoms with E-state index in [1.54, 1.807) is 18.4 Å². The van der Waals surface area contributed by atoms with Crippen molar-refractivity contribution in [1.82, 2.24) is 4.98 Å².